The third kappa shape index (κ3) is 9.77. The Kier molecular flexibility index (Phi) is 12.4. The second kappa shape index (κ2) is 17.0. The van der Waals surface area contributed by atoms with Crippen molar-refractivity contribution in [3.05, 3.63) is 108 Å². The van der Waals surface area contributed by atoms with Crippen LogP contribution >= 0.6 is 11.8 Å². The summed E-state index contributed by atoms with van der Waals surface area (Å²) in [5.41, 5.74) is 2.67. The summed E-state index contributed by atoms with van der Waals surface area (Å²) < 4.78 is 58.7. The zero-order valence-electron chi connectivity index (χ0n) is 31.2. The van der Waals surface area contributed by atoms with Crippen molar-refractivity contribution in [2.45, 2.75) is 127 Å². The van der Waals surface area contributed by atoms with E-state index in [9.17, 15) is 4.79 Å². The van der Waals surface area contributed by atoms with Gasteiger partial charge in [0.1, 0.15) is 41.7 Å². The highest BCUT2D eigenvalue weighted by Crippen LogP contribution is 2.46. The van der Waals surface area contributed by atoms with Crippen LogP contribution in [0.3, 0.4) is 0 Å². The summed E-state index contributed by atoms with van der Waals surface area (Å²) >= 11 is 1.59. The molecular formula is C42H52O10S. The number of ketones is 1. The molecule has 0 spiro atoms. The zero-order chi connectivity index (χ0) is 37.0. The van der Waals surface area contributed by atoms with Crippen LogP contribution in [0.5, 0.6) is 0 Å². The number of hydrogen-bond acceptors (Lipinski definition) is 11. The summed E-state index contributed by atoms with van der Waals surface area (Å²) in [7, 11) is 0. The molecular weight excluding hydrogens is 697 g/mol. The highest BCUT2D eigenvalue weighted by atomic mass is 32.2. The first-order chi connectivity index (χ1) is 25.5. The van der Waals surface area contributed by atoms with E-state index >= 15 is 0 Å². The molecule has 7 rings (SSSR count). The van der Waals surface area contributed by atoms with Crippen LogP contribution in [0.15, 0.2) is 91.0 Å². The maximum Gasteiger partial charge on any atom is 0.190 e. The van der Waals surface area contributed by atoms with E-state index in [0.717, 1.165) is 16.7 Å². The van der Waals surface area contributed by atoms with Crippen molar-refractivity contribution in [3.63, 3.8) is 0 Å². The molecule has 4 saturated heterocycles. The molecule has 10 nitrogen and oxygen atoms in total. The van der Waals surface area contributed by atoms with Crippen molar-refractivity contribution in [2.24, 2.45) is 5.92 Å². The van der Waals surface area contributed by atoms with Gasteiger partial charge in [-0.3, -0.25) is 0 Å². The third-order valence-electron chi connectivity index (χ3n) is 9.93. The molecule has 0 amide bonds. The van der Waals surface area contributed by atoms with E-state index in [1.165, 1.54) is 0 Å². The van der Waals surface area contributed by atoms with Gasteiger partial charge in [0.2, 0.25) is 0 Å². The Morgan fingerprint density at radius 2 is 1.17 bits per heavy atom. The molecule has 0 bridgehead atoms. The van der Waals surface area contributed by atoms with Gasteiger partial charge in [-0.05, 0) is 51.3 Å². The molecule has 4 aliphatic rings. The fourth-order valence-electron chi connectivity index (χ4n) is 7.64. The van der Waals surface area contributed by atoms with Crippen LogP contribution in [0.1, 0.15) is 57.7 Å². The lowest BCUT2D eigenvalue weighted by atomic mass is 9.88. The highest BCUT2D eigenvalue weighted by Gasteiger charge is 2.61. The van der Waals surface area contributed by atoms with E-state index in [2.05, 4.69) is 0 Å². The number of fused-ring (bicyclic) bond motifs is 3. The summed E-state index contributed by atoms with van der Waals surface area (Å²) in [6.07, 6.45) is -3.42. The van der Waals surface area contributed by atoms with Crippen LogP contribution in [-0.2, 0) is 67.2 Å². The Hall–Kier alpha value is -2.68. The molecule has 286 valence electrons. The highest BCUT2D eigenvalue weighted by molar-refractivity contribution is 7.99. The maximum atomic E-state index is 13.0. The fraction of sp³-hybridized carbons (Fsp3) is 0.548. The Morgan fingerprint density at radius 3 is 1.77 bits per heavy atom. The molecule has 4 fully saturated rings. The van der Waals surface area contributed by atoms with Crippen molar-refractivity contribution >= 4 is 17.5 Å². The molecule has 53 heavy (non-hydrogen) atoms. The quantitative estimate of drug-likeness (QED) is 0.164. The van der Waals surface area contributed by atoms with Crippen LogP contribution in [0, 0.1) is 5.92 Å². The van der Waals surface area contributed by atoms with E-state index in [4.69, 9.17) is 42.6 Å². The zero-order valence-corrected chi connectivity index (χ0v) is 32.0. The summed E-state index contributed by atoms with van der Waals surface area (Å²) in [6.45, 7) is 10.6. The first-order valence-electron chi connectivity index (χ1n) is 18.6. The SMILES string of the molecule is CC(=O)C[C@@H]1[C@@H](OCc2ccccc2)[C@H](OCc2ccccc2)[C@@H](COCc2ccccc2)O[C@H]1SC[C@H]1O[C@@H]2OC(C)(C)O[C@@H]2[C@H]2OC(C)(C)O[C@H]21. The molecule has 0 aromatic heterocycles. The molecule has 0 radical (unpaired) electrons. The number of ether oxygens (including phenoxy) is 9. The molecule has 0 N–H and O–H groups in total. The normalized spacial score (nSPS) is 32.9. The lowest BCUT2D eigenvalue weighted by Crippen LogP contribution is -2.58. The van der Waals surface area contributed by atoms with Gasteiger partial charge in [-0.2, -0.15) is 0 Å². The number of rotatable bonds is 15. The topological polar surface area (TPSA) is 100 Å². The second-order valence-corrected chi connectivity index (χ2v) is 16.3. The van der Waals surface area contributed by atoms with Crippen LogP contribution in [0.4, 0.5) is 0 Å². The van der Waals surface area contributed by atoms with Crippen LogP contribution in [-0.4, -0.2) is 84.2 Å². The van der Waals surface area contributed by atoms with Crippen molar-refractivity contribution in [2.75, 3.05) is 12.4 Å². The largest absolute Gasteiger partial charge is 0.374 e. The summed E-state index contributed by atoms with van der Waals surface area (Å²) in [5.74, 6) is -1.43. The second-order valence-electron chi connectivity index (χ2n) is 15.2. The lowest BCUT2D eigenvalue weighted by molar-refractivity contribution is -0.231. The Bertz CT molecular complexity index is 1610. The van der Waals surface area contributed by atoms with E-state index < -0.39 is 53.8 Å². The summed E-state index contributed by atoms with van der Waals surface area (Å²) in [4.78, 5) is 13.0. The minimum Gasteiger partial charge on any atom is -0.374 e. The maximum absolute atomic E-state index is 13.0. The Morgan fingerprint density at radius 1 is 0.642 bits per heavy atom. The van der Waals surface area contributed by atoms with E-state index in [1.54, 1.807) is 18.7 Å². The minimum absolute atomic E-state index is 0.0444. The molecule has 3 aromatic rings. The Balaban J connectivity index is 1.16. The summed E-state index contributed by atoms with van der Waals surface area (Å²) in [5, 5.41) is 0. The Labute approximate surface area is 317 Å². The van der Waals surface area contributed by atoms with Crippen molar-refractivity contribution in [3.8, 4) is 0 Å². The minimum atomic E-state index is -0.817. The number of Topliss-reactive ketones (excluding diaryl/α,β-unsaturated/α-hetero) is 1. The molecule has 4 heterocycles. The van der Waals surface area contributed by atoms with Gasteiger partial charge in [-0.1, -0.05) is 91.0 Å². The molecule has 3 aromatic carbocycles. The van der Waals surface area contributed by atoms with Gasteiger partial charge in [-0.15, -0.1) is 11.8 Å². The number of thioether (sulfide) groups is 1. The smallest absolute Gasteiger partial charge is 0.190 e. The molecule has 0 saturated carbocycles. The van der Waals surface area contributed by atoms with Crippen molar-refractivity contribution < 1.29 is 47.4 Å². The van der Waals surface area contributed by atoms with E-state index in [1.807, 2.05) is 119 Å². The predicted molar refractivity (Wildman–Crippen MR) is 199 cm³/mol. The predicted octanol–water partition coefficient (Wildman–Crippen LogP) is 6.82. The van der Waals surface area contributed by atoms with E-state index in [-0.39, 0.29) is 36.9 Å². The van der Waals surface area contributed by atoms with Crippen LogP contribution < -0.4 is 0 Å². The fourth-order valence-corrected chi connectivity index (χ4v) is 9.01. The van der Waals surface area contributed by atoms with Gasteiger partial charge >= 0.3 is 0 Å². The standard InChI is InChI=1S/C42H52O10S/c1-27(43)21-31-34(45-23-29-17-11-7-12-18-29)35(46-24-30-19-13-8-14-20-30)32(25-44-22-28-15-9-6-10-16-28)48-40(31)53-26-33-36-37(50-41(2,3)49-36)38-39(47-33)52-42(4,5)51-38/h6-20,31-40H,21-26H2,1-5H3/t31-,32-,33-,34-,35-,36+,37+,38-,39-,40+/m1/s1. The van der Waals surface area contributed by atoms with Gasteiger partial charge in [0.25, 0.3) is 0 Å². The van der Waals surface area contributed by atoms with Gasteiger partial charge in [0, 0.05) is 18.1 Å². The van der Waals surface area contributed by atoms with E-state index in [0.29, 0.717) is 25.6 Å². The number of benzene rings is 3. The third-order valence-corrected chi connectivity index (χ3v) is 11.2. The molecule has 10 atom stereocenters. The van der Waals surface area contributed by atoms with Crippen LogP contribution in [0.25, 0.3) is 0 Å². The number of carbonyl (C=O) groups excluding carboxylic acids is 1. The molecule has 11 heteroatoms. The number of carbonyl (C=O) groups is 1. The molecule has 4 aliphatic heterocycles. The van der Waals surface area contributed by atoms with Crippen molar-refractivity contribution in [1.82, 2.24) is 0 Å². The average molecular weight is 749 g/mol. The molecule has 0 aliphatic carbocycles. The van der Waals surface area contributed by atoms with Gasteiger partial charge in [0.15, 0.2) is 17.9 Å². The monoisotopic (exact) mass is 748 g/mol. The number of hydrogen-bond donors (Lipinski definition) is 0. The van der Waals surface area contributed by atoms with Crippen molar-refractivity contribution in [1.29, 1.82) is 0 Å². The van der Waals surface area contributed by atoms with Gasteiger partial charge < -0.3 is 47.4 Å². The molecule has 0 unspecified atom stereocenters. The van der Waals surface area contributed by atoms with Gasteiger partial charge in [-0.25, -0.2) is 0 Å². The first-order valence-corrected chi connectivity index (χ1v) is 19.6. The van der Waals surface area contributed by atoms with Gasteiger partial charge in [0.05, 0.1) is 38.6 Å². The lowest BCUT2D eigenvalue weighted by Gasteiger charge is -2.47. The average Bonchev–Trinajstić information content (AvgIpc) is 3.64. The summed E-state index contributed by atoms with van der Waals surface area (Å²) in [6, 6.07) is 30.2. The first kappa shape index (κ1) is 38.6. The van der Waals surface area contributed by atoms with Crippen LogP contribution in [0.2, 0.25) is 0 Å².